The maximum atomic E-state index is 12.3. The number of rotatable bonds is 4. The second-order valence-corrected chi connectivity index (χ2v) is 6.11. The van der Waals surface area contributed by atoms with E-state index in [0.717, 1.165) is 23.7 Å². The van der Waals surface area contributed by atoms with Crippen molar-refractivity contribution in [3.8, 4) is 0 Å². The monoisotopic (exact) mass is 331 g/mol. The number of hydrogen-bond donors (Lipinski definition) is 3. The maximum Gasteiger partial charge on any atom is 0.356 e. The summed E-state index contributed by atoms with van der Waals surface area (Å²) in [5.41, 5.74) is 1.57. The van der Waals surface area contributed by atoms with Gasteiger partial charge in [-0.15, -0.1) is 0 Å². The molecule has 7 nitrogen and oxygen atoms in total. The molecule has 24 heavy (non-hydrogen) atoms. The third kappa shape index (κ3) is 2.82. The van der Waals surface area contributed by atoms with Crippen LogP contribution in [0, 0.1) is 5.92 Å². The van der Waals surface area contributed by atoms with Crippen LogP contribution in [0.4, 0.5) is 10.5 Å². The van der Waals surface area contributed by atoms with Crippen molar-refractivity contribution < 1.29 is 19.4 Å². The average Bonchev–Trinajstić information content (AvgIpc) is 2.82. The van der Waals surface area contributed by atoms with Gasteiger partial charge in [0.25, 0.3) is 0 Å². The van der Waals surface area contributed by atoms with Crippen LogP contribution >= 0.6 is 0 Å². The van der Waals surface area contributed by atoms with Crippen molar-refractivity contribution in [2.75, 3.05) is 19.0 Å². The Labute approximate surface area is 139 Å². The summed E-state index contributed by atoms with van der Waals surface area (Å²) in [6.07, 6.45) is 1.53. The number of esters is 1. The van der Waals surface area contributed by atoms with Crippen LogP contribution in [0.25, 0.3) is 10.9 Å². The molecule has 7 heteroatoms. The Kier molecular flexibility index (Phi) is 4.44. The number of aliphatic hydroxyl groups excluding tert-OH is 1. The Morgan fingerprint density at radius 1 is 1.33 bits per heavy atom. The van der Waals surface area contributed by atoms with Gasteiger partial charge < -0.3 is 25.0 Å². The molecule has 0 atom stereocenters. The highest BCUT2D eigenvalue weighted by Gasteiger charge is 2.30. The number of amides is 2. The Bertz CT molecular complexity index is 777. The highest BCUT2D eigenvalue weighted by Crippen LogP contribution is 2.31. The summed E-state index contributed by atoms with van der Waals surface area (Å²) in [6.45, 7) is 0.148. The first-order chi connectivity index (χ1) is 11.5. The number of urea groups is 1. The molecule has 2 amide bonds. The van der Waals surface area contributed by atoms with Gasteiger partial charge in [-0.25, -0.2) is 9.59 Å². The Morgan fingerprint density at radius 2 is 2.04 bits per heavy atom. The fourth-order valence-electron chi connectivity index (χ4n) is 3.19. The molecule has 1 aliphatic carbocycles. The molecule has 0 unspecified atom stereocenters. The summed E-state index contributed by atoms with van der Waals surface area (Å²) < 4.78 is 6.56. The van der Waals surface area contributed by atoms with Crippen molar-refractivity contribution in [3.05, 3.63) is 30.0 Å². The molecule has 0 aliphatic heterocycles. The zero-order valence-electron chi connectivity index (χ0n) is 13.7. The van der Waals surface area contributed by atoms with Crippen molar-refractivity contribution in [3.63, 3.8) is 0 Å². The number of benzene rings is 1. The van der Waals surface area contributed by atoms with Gasteiger partial charge in [-0.1, -0.05) is 18.2 Å². The number of aromatic nitrogens is 1. The van der Waals surface area contributed by atoms with Crippen LogP contribution in [0.2, 0.25) is 0 Å². The summed E-state index contributed by atoms with van der Waals surface area (Å²) in [4.78, 5) is 24.4. The number of fused-ring (bicyclic) bond motifs is 1. The average molecular weight is 331 g/mol. The van der Waals surface area contributed by atoms with Crippen molar-refractivity contribution >= 4 is 28.6 Å². The molecule has 1 saturated carbocycles. The normalized spacial score (nSPS) is 19.6. The first-order valence-electron chi connectivity index (χ1n) is 7.89. The van der Waals surface area contributed by atoms with Crippen LogP contribution in [0.5, 0.6) is 0 Å². The number of aryl methyl sites for hydroxylation is 1. The molecule has 0 radical (unpaired) electrons. The lowest BCUT2D eigenvalue weighted by molar-refractivity contribution is 0.0591. The van der Waals surface area contributed by atoms with E-state index in [2.05, 4.69) is 10.6 Å². The van der Waals surface area contributed by atoms with Gasteiger partial charge in [0.1, 0.15) is 0 Å². The Balaban J connectivity index is 1.85. The van der Waals surface area contributed by atoms with E-state index in [1.54, 1.807) is 11.6 Å². The SMILES string of the molecule is COC(=O)c1c(NC(=O)NC2CC(CO)C2)c2ccccc2n1C. The number of para-hydroxylation sites is 1. The molecule has 0 bridgehead atoms. The third-order valence-electron chi connectivity index (χ3n) is 4.55. The van der Waals surface area contributed by atoms with Crippen LogP contribution in [-0.4, -0.2) is 41.4 Å². The van der Waals surface area contributed by atoms with Gasteiger partial charge in [-0.3, -0.25) is 0 Å². The lowest BCUT2D eigenvalue weighted by Gasteiger charge is -2.34. The van der Waals surface area contributed by atoms with E-state index in [9.17, 15) is 9.59 Å². The fourth-order valence-corrected chi connectivity index (χ4v) is 3.19. The number of carbonyl (C=O) groups is 2. The molecule has 128 valence electrons. The van der Waals surface area contributed by atoms with Gasteiger partial charge >= 0.3 is 12.0 Å². The van der Waals surface area contributed by atoms with Crippen LogP contribution in [0.1, 0.15) is 23.3 Å². The van der Waals surface area contributed by atoms with Gasteiger partial charge in [-0.2, -0.15) is 0 Å². The number of nitrogens with zero attached hydrogens (tertiary/aromatic N) is 1. The molecule has 1 aromatic carbocycles. The topological polar surface area (TPSA) is 92.6 Å². The first kappa shape index (κ1) is 16.3. The molecular weight excluding hydrogens is 310 g/mol. The second-order valence-electron chi connectivity index (χ2n) is 6.11. The summed E-state index contributed by atoms with van der Waals surface area (Å²) in [5, 5.41) is 15.5. The molecule has 1 fully saturated rings. The largest absolute Gasteiger partial charge is 0.464 e. The van der Waals surface area contributed by atoms with Crippen molar-refractivity contribution in [2.45, 2.75) is 18.9 Å². The van der Waals surface area contributed by atoms with E-state index in [1.165, 1.54) is 7.11 Å². The number of methoxy groups -OCH3 is 1. The van der Waals surface area contributed by atoms with Gasteiger partial charge in [0.2, 0.25) is 0 Å². The number of anilines is 1. The van der Waals surface area contributed by atoms with E-state index in [0.29, 0.717) is 11.4 Å². The van der Waals surface area contributed by atoms with Crippen LogP contribution in [-0.2, 0) is 11.8 Å². The molecule has 3 N–H and O–H groups in total. The summed E-state index contributed by atoms with van der Waals surface area (Å²) in [5.74, 6) is -0.244. The Morgan fingerprint density at radius 3 is 2.71 bits per heavy atom. The number of ether oxygens (including phenoxy) is 1. The molecule has 1 aliphatic rings. The zero-order valence-corrected chi connectivity index (χ0v) is 13.7. The fraction of sp³-hybridized carbons (Fsp3) is 0.412. The molecule has 0 saturated heterocycles. The molecular formula is C17H21N3O4. The summed E-state index contributed by atoms with van der Waals surface area (Å²) in [7, 11) is 3.07. The number of nitrogens with one attached hydrogen (secondary N) is 2. The van der Waals surface area contributed by atoms with Gasteiger partial charge in [-0.05, 0) is 24.8 Å². The number of aliphatic hydroxyl groups is 1. The van der Waals surface area contributed by atoms with E-state index in [1.807, 2.05) is 24.3 Å². The predicted octanol–water partition coefficient (Wildman–Crippen LogP) is 1.86. The maximum absolute atomic E-state index is 12.3. The van der Waals surface area contributed by atoms with Crippen LogP contribution in [0.3, 0.4) is 0 Å². The van der Waals surface area contributed by atoms with Crippen LogP contribution < -0.4 is 10.6 Å². The smallest absolute Gasteiger partial charge is 0.356 e. The molecule has 3 rings (SSSR count). The quantitative estimate of drug-likeness (QED) is 0.746. The minimum atomic E-state index is -0.506. The Hall–Kier alpha value is -2.54. The van der Waals surface area contributed by atoms with Crippen molar-refractivity contribution in [2.24, 2.45) is 13.0 Å². The third-order valence-corrected chi connectivity index (χ3v) is 4.55. The summed E-state index contributed by atoms with van der Waals surface area (Å²) >= 11 is 0. The lowest BCUT2D eigenvalue weighted by Crippen LogP contribution is -2.47. The lowest BCUT2D eigenvalue weighted by atomic mass is 9.81. The predicted molar refractivity (Wildman–Crippen MR) is 90.0 cm³/mol. The van der Waals surface area contributed by atoms with E-state index in [-0.39, 0.29) is 24.6 Å². The molecule has 1 heterocycles. The molecule has 2 aromatic rings. The van der Waals surface area contributed by atoms with Gasteiger partial charge in [0.15, 0.2) is 5.69 Å². The van der Waals surface area contributed by atoms with Crippen molar-refractivity contribution in [1.82, 2.24) is 9.88 Å². The van der Waals surface area contributed by atoms with Gasteiger partial charge in [0.05, 0.1) is 18.3 Å². The second kappa shape index (κ2) is 6.52. The molecule has 1 aromatic heterocycles. The van der Waals surface area contributed by atoms with E-state index >= 15 is 0 Å². The van der Waals surface area contributed by atoms with Gasteiger partial charge in [0, 0.05) is 25.1 Å². The zero-order chi connectivity index (χ0) is 17.3. The van der Waals surface area contributed by atoms with E-state index < -0.39 is 5.97 Å². The van der Waals surface area contributed by atoms with Crippen LogP contribution in [0.15, 0.2) is 24.3 Å². The standard InChI is InChI=1S/C17H21N3O4/c1-20-13-6-4-3-5-12(13)14(15(20)16(22)24-2)19-17(23)18-11-7-10(8-11)9-21/h3-6,10-11,21H,7-9H2,1-2H3,(H2,18,19,23). The number of carbonyl (C=O) groups excluding carboxylic acids is 2. The first-order valence-corrected chi connectivity index (χ1v) is 7.89. The van der Waals surface area contributed by atoms with Crippen molar-refractivity contribution in [1.29, 1.82) is 0 Å². The highest BCUT2D eigenvalue weighted by molar-refractivity contribution is 6.11. The summed E-state index contributed by atoms with van der Waals surface area (Å²) in [6, 6.07) is 7.14. The molecule has 0 spiro atoms. The highest BCUT2D eigenvalue weighted by atomic mass is 16.5. The minimum absolute atomic E-state index is 0.0544. The number of hydrogen-bond acceptors (Lipinski definition) is 4. The van der Waals surface area contributed by atoms with E-state index in [4.69, 9.17) is 9.84 Å². The minimum Gasteiger partial charge on any atom is -0.464 e.